The van der Waals surface area contributed by atoms with Crippen molar-refractivity contribution < 1.29 is 30.0 Å². The van der Waals surface area contributed by atoms with Gasteiger partial charge in [-0.25, -0.2) is 0 Å². The molecule has 0 aromatic heterocycles. The predicted octanol–water partition coefficient (Wildman–Crippen LogP) is -2.18. The van der Waals surface area contributed by atoms with Gasteiger partial charge in [0.25, 0.3) is 0 Å². The van der Waals surface area contributed by atoms with Crippen LogP contribution in [0.5, 0.6) is 0 Å². The molecular weight excluding hydrogens is 250 g/mol. The number of carbonyl (C=O) groups is 1. The maximum absolute atomic E-state index is 11.1. The van der Waals surface area contributed by atoms with Crippen molar-refractivity contribution in [2.75, 3.05) is 12.4 Å². The molecule has 1 amide bonds. The number of aliphatic hydroxyl groups is 4. The summed E-state index contributed by atoms with van der Waals surface area (Å²) in [6.45, 7) is 0.839. The molecule has 0 aromatic rings. The van der Waals surface area contributed by atoms with Gasteiger partial charge in [-0.1, -0.05) is 0 Å². The second-order valence-corrected chi connectivity index (χ2v) is 3.92. The van der Waals surface area contributed by atoms with E-state index in [1.807, 2.05) is 0 Å². The van der Waals surface area contributed by atoms with Crippen LogP contribution in [0.15, 0.2) is 0 Å². The fraction of sp³-hybridized carbons (Fsp3) is 0.889. The highest BCUT2D eigenvalue weighted by Gasteiger charge is 2.24. The molecule has 0 radical (unpaired) electrons. The average molecular weight is 269 g/mol. The molecule has 0 fully saturated rings. The number of ether oxygens (including phenoxy) is 1. The van der Waals surface area contributed by atoms with Crippen LogP contribution in [0.1, 0.15) is 13.3 Å². The van der Waals surface area contributed by atoms with Gasteiger partial charge in [0, 0.05) is 6.42 Å². The molecule has 0 bridgehead atoms. The maximum Gasteiger partial charge on any atom is 0.222 e. The number of hydrogen-bond donors (Lipinski definition) is 6. The van der Waals surface area contributed by atoms with E-state index >= 15 is 0 Å². The molecule has 0 aliphatic heterocycles. The second-order valence-electron chi connectivity index (χ2n) is 3.47. The standard InChI is InChI=1S/C9H19NO6S/c1-5(12)6(4-11)16-9(15)8(14)10-7(13)2-3-17/h5-6,8-9,11-12,14-15,17H,2-4H2,1H3,(H,10,13)/t5-,6?,8-,9?/m0/s1. The zero-order valence-corrected chi connectivity index (χ0v) is 10.4. The van der Waals surface area contributed by atoms with Crippen molar-refractivity contribution in [1.29, 1.82) is 0 Å². The lowest BCUT2D eigenvalue weighted by Gasteiger charge is -2.25. The Morgan fingerprint density at radius 2 is 2.00 bits per heavy atom. The molecule has 4 atom stereocenters. The van der Waals surface area contributed by atoms with E-state index in [9.17, 15) is 15.0 Å². The number of thiol groups is 1. The van der Waals surface area contributed by atoms with E-state index < -0.39 is 37.2 Å². The van der Waals surface area contributed by atoms with Crippen LogP contribution in [-0.4, -0.2) is 63.4 Å². The Morgan fingerprint density at radius 1 is 1.41 bits per heavy atom. The third kappa shape index (κ3) is 6.81. The van der Waals surface area contributed by atoms with Gasteiger partial charge in [-0.2, -0.15) is 12.6 Å². The zero-order chi connectivity index (χ0) is 13.4. The van der Waals surface area contributed by atoms with Crippen molar-refractivity contribution in [2.45, 2.75) is 38.1 Å². The maximum atomic E-state index is 11.1. The van der Waals surface area contributed by atoms with Gasteiger partial charge in [0.15, 0.2) is 6.23 Å². The van der Waals surface area contributed by atoms with E-state index in [0.29, 0.717) is 5.75 Å². The molecule has 0 saturated carbocycles. The Bertz CT molecular complexity index is 228. The average Bonchev–Trinajstić information content (AvgIpc) is 2.25. The first-order valence-corrected chi connectivity index (χ1v) is 5.76. The topological polar surface area (TPSA) is 119 Å². The van der Waals surface area contributed by atoms with Gasteiger partial charge < -0.3 is 30.5 Å². The molecular formula is C9H19NO6S. The molecule has 102 valence electrons. The van der Waals surface area contributed by atoms with Gasteiger partial charge in [0.1, 0.15) is 6.10 Å². The van der Waals surface area contributed by atoms with Crippen LogP contribution >= 0.6 is 12.6 Å². The van der Waals surface area contributed by atoms with E-state index in [2.05, 4.69) is 17.9 Å². The van der Waals surface area contributed by atoms with Crippen LogP contribution in [0, 0.1) is 0 Å². The number of nitrogens with one attached hydrogen (secondary N) is 1. The number of aliphatic hydroxyl groups excluding tert-OH is 4. The van der Waals surface area contributed by atoms with E-state index in [-0.39, 0.29) is 6.42 Å². The number of rotatable bonds is 8. The number of amides is 1. The van der Waals surface area contributed by atoms with Gasteiger partial charge in [-0.05, 0) is 12.7 Å². The van der Waals surface area contributed by atoms with Gasteiger partial charge in [0.05, 0.1) is 12.7 Å². The van der Waals surface area contributed by atoms with Crippen LogP contribution in [0.25, 0.3) is 0 Å². The summed E-state index contributed by atoms with van der Waals surface area (Å²) in [6, 6.07) is 0. The monoisotopic (exact) mass is 269 g/mol. The van der Waals surface area contributed by atoms with E-state index in [1.165, 1.54) is 6.92 Å². The molecule has 5 N–H and O–H groups in total. The highest BCUT2D eigenvalue weighted by Crippen LogP contribution is 2.04. The summed E-state index contributed by atoms with van der Waals surface area (Å²) >= 11 is 3.83. The van der Waals surface area contributed by atoms with Crippen LogP contribution in [0.3, 0.4) is 0 Å². The minimum absolute atomic E-state index is 0.0900. The van der Waals surface area contributed by atoms with Crippen LogP contribution in [0.4, 0.5) is 0 Å². The smallest absolute Gasteiger partial charge is 0.222 e. The van der Waals surface area contributed by atoms with Crippen molar-refractivity contribution in [3.05, 3.63) is 0 Å². The normalized spacial score (nSPS) is 18.2. The van der Waals surface area contributed by atoms with Crippen LogP contribution < -0.4 is 5.32 Å². The first-order chi connectivity index (χ1) is 7.92. The lowest BCUT2D eigenvalue weighted by molar-refractivity contribution is -0.218. The molecule has 0 saturated heterocycles. The Labute approximate surface area is 105 Å². The van der Waals surface area contributed by atoms with E-state index in [0.717, 1.165) is 0 Å². The molecule has 0 aliphatic carbocycles. The molecule has 0 spiro atoms. The van der Waals surface area contributed by atoms with Gasteiger partial charge in [-0.15, -0.1) is 0 Å². The second kappa shape index (κ2) is 8.67. The number of hydrogen-bond acceptors (Lipinski definition) is 7. The van der Waals surface area contributed by atoms with Crippen LogP contribution in [-0.2, 0) is 9.53 Å². The highest BCUT2D eigenvalue weighted by atomic mass is 32.1. The van der Waals surface area contributed by atoms with Gasteiger partial charge >= 0.3 is 0 Å². The minimum Gasteiger partial charge on any atom is -0.394 e. The predicted molar refractivity (Wildman–Crippen MR) is 62.3 cm³/mol. The summed E-state index contributed by atoms with van der Waals surface area (Å²) in [5.74, 6) is -0.185. The largest absolute Gasteiger partial charge is 0.394 e. The van der Waals surface area contributed by atoms with Crippen molar-refractivity contribution in [3.8, 4) is 0 Å². The van der Waals surface area contributed by atoms with Crippen molar-refractivity contribution >= 4 is 18.5 Å². The summed E-state index contributed by atoms with van der Waals surface area (Å²) in [5.41, 5.74) is 0. The lowest BCUT2D eigenvalue weighted by atomic mass is 10.2. The summed E-state index contributed by atoms with van der Waals surface area (Å²) in [4.78, 5) is 11.1. The van der Waals surface area contributed by atoms with Crippen molar-refractivity contribution in [3.63, 3.8) is 0 Å². The molecule has 8 heteroatoms. The quantitative estimate of drug-likeness (QED) is 0.220. The Morgan fingerprint density at radius 3 is 2.41 bits per heavy atom. The Kier molecular flexibility index (Phi) is 8.48. The fourth-order valence-electron chi connectivity index (χ4n) is 0.973. The molecule has 7 nitrogen and oxygen atoms in total. The third-order valence-electron chi connectivity index (χ3n) is 1.95. The van der Waals surface area contributed by atoms with Gasteiger partial charge in [0.2, 0.25) is 12.2 Å². The SMILES string of the molecule is C[C@H](O)C(CO)OC(O)[C@H](O)NC(=O)CCS. The molecule has 2 unspecified atom stereocenters. The highest BCUT2D eigenvalue weighted by molar-refractivity contribution is 7.80. The Hall–Kier alpha value is -0.380. The summed E-state index contributed by atoms with van der Waals surface area (Å²) in [6.07, 6.45) is -5.33. The van der Waals surface area contributed by atoms with E-state index in [4.69, 9.17) is 14.9 Å². The fourth-order valence-corrected chi connectivity index (χ4v) is 1.18. The first-order valence-electron chi connectivity index (χ1n) is 5.13. The third-order valence-corrected chi connectivity index (χ3v) is 2.17. The summed E-state index contributed by atoms with van der Waals surface area (Å²) in [7, 11) is 0. The molecule has 17 heavy (non-hydrogen) atoms. The van der Waals surface area contributed by atoms with E-state index in [1.54, 1.807) is 0 Å². The molecule has 0 aliphatic rings. The lowest BCUT2D eigenvalue weighted by Crippen LogP contribution is -2.47. The molecule has 0 rings (SSSR count). The molecule has 0 heterocycles. The van der Waals surface area contributed by atoms with Crippen molar-refractivity contribution in [2.24, 2.45) is 0 Å². The van der Waals surface area contributed by atoms with Crippen molar-refractivity contribution in [1.82, 2.24) is 5.32 Å². The first kappa shape index (κ1) is 16.6. The van der Waals surface area contributed by atoms with Gasteiger partial charge in [-0.3, -0.25) is 4.79 Å². The molecule has 0 aromatic carbocycles. The number of carbonyl (C=O) groups excluding carboxylic acids is 1. The van der Waals surface area contributed by atoms with Crippen LogP contribution in [0.2, 0.25) is 0 Å². The summed E-state index contributed by atoms with van der Waals surface area (Å²) in [5, 5.41) is 38.7. The Balaban J connectivity index is 4.11. The summed E-state index contributed by atoms with van der Waals surface area (Å²) < 4.78 is 4.77. The zero-order valence-electron chi connectivity index (χ0n) is 9.48. The minimum atomic E-state index is -1.73.